The van der Waals surface area contributed by atoms with Crippen LogP contribution in [0, 0.1) is 0 Å². The van der Waals surface area contributed by atoms with Crippen LogP contribution in [-0.2, 0) is 12.7 Å². The first-order chi connectivity index (χ1) is 13.7. The molecule has 0 amide bonds. The van der Waals surface area contributed by atoms with Gasteiger partial charge in [-0.2, -0.15) is 13.2 Å². The molecule has 1 fully saturated rings. The highest BCUT2D eigenvalue weighted by Gasteiger charge is 2.40. The van der Waals surface area contributed by atoms with Crippen molar-refractivity contribution in [2.45, 2.75) is 37.8 Å². The molecule has 0 radical (unpaired) electrons. The van der Waals surface area contributed by atoms with E-state index in [-0.39, 0.29) is 38.0 Å². The number of alkyl halides is 5. The molecule has 1 aromatic carbocycles. The number of nitrogens with zero attached hydrogens (tertiary/aromatic N) is 4. The lowest BCUT2D eigenvalue weighted by molar-refractivity contribution is -0.138. The maximum absolute atomic E-state index is 13.6. The molecule has 1 aromatic heterocycles. The van der Waals surface area contributed by atoms with E-state index in [1.165, 1.54) is 12.1 Å². The van der Waals surface area contributed by atoms with Crippen LogP contribution >= 0.6 is 0 Å². The number of benzene rings is 1. The van der Waals surface area contributed by atoms with Crippen LogP contribution in [0.3, 0.4) is 0 Å². The fourth-order valence-electron chi connectivity index (χ4n) is 3.74. The Morgan fingerprint density at radius 3 is 2.48 bits per heavy atom. The first kappa shape index (κ1) is 19.8. The molecule has 154 valence electrons. The van der Waals surface area contributed by atoms with Crippen LogP contribution in [0.5, 0.6) is 0 Å². The van der Waals surface area contributed by atoms with E-state index in [0.29, 0.717) is 11.4 Å². The molecule has 0 spiro atoms. The number of rotatable bonds is 3. The summed E-state index contributed by atoms with van der Waals surface area (Å²) in [5, 5.41) is 0. The molecule has 2 aromatic rings. The lowest BCUT2D eigenvalue weighted by Gasteiger charge is -2.43. The molecule has 1 unspecified atom stereocenters. The number of likely N-dealkylation sites (tertiary alicyclic amines) is 1. The molecule has 9 heteroatoms. The third kappa shape index (κ3) is 4.10. The normalized spacial score (nSPS) is 21.8. The maximum Gasteiger partial charge on any atom is 0.416 e. The van der Waals surface area contributed by atoms with Gasteiger partial charge >= 0.3 is 6.18 Å². The van der Waals surface area contributed by atoms with Crippen molar-refractivity contribution in [1.29, 1.82) is 0 Å². The second-order valence-electron chi connectivity index (χ2n) is 7.22. The molecule has 0 saturated carbocycles. The predicted octanol–water partition coefficient (Wildman–Crippen LogP) is 4.55. The summed E-state index contributed by atoms with van der Waals surface area (Å²) in [6.45, 7) is 0.123. The van der Waals surface area contributed by atoms with Gasteiger partial charge in [0, 0.05) is 50.5 Å². The fourth-order valence-corrected chi connectivity index (χ4v) is 3.74. The number of hydrogen-bond donors (Lipinski definition) is 0. The summed E-state index contributed by atoms with van der Waals surface area (Å²) < 4.78 is 67.6. The topological polar surface area (TPSA) is 31.7 Å². The summed E-state index contributed by atoms with van der Waals surface area (Å²) in [6.07, 6.45) is -2.63. The van der Waals surface area contributed by atoms with Crippen LogP contribution in [0.4, 0.5) is 27.8 Å². The number of hydrogen-bond acceptors (Lipinski definition) is 4. The highest BCUT2D eigenvalue weighted by molar-refractivity contribution is 5.88. The minimum atomic E-state index is -4.49. The molecular formula is C20H19F5N4. The smallest absolute Gasteiger partial charge is 0.317 e. The van der Waals surface area contributed by atoms with Gasteiger partial charge in [-0.1, -0.05) is 18.2 Å². The van der Waals surface area contributed by atoms with Gasteiger partial charge in [-0.15, -0.1) is 0 Å². The maximum atomic E-state index is 13.6. The van der Waals surface area contributed by atoms with Gasteiger partial charge in [-0.3, -0.25) is 9.89 Å². The average molecular weight is 410 g/mol. The minimum Gasteiger partial charge on any atom is -0.317 e. The van der Waals surface area contributed by atoms with Gasteiger partial charge in [0.1, 0.15) is 5.82 Å². The minimum absolute atomic E-state index is 0.0843. The molecule has 0 N–H and O–H groups in total. The van der Waals surface area contributed by atoms with Gasteiger partial charge in [0.15, 0.2) is 6.29 Å². The summed E-state index contributed by atoms with van der Waals surface area (Å²) in [7, 11) is 0. The quantitative estimate of drug-likeness (QED) is 0.696. The van der Waals surface area contributed by atoms with Crippen molar-refractivity contribution < 1.29 is 22.0 Å². The zero-order valence-electron chi connectivity index (χ0n) is 15.4. The number of halogens is 5. The van der Waals surface area contributed by atoms with Crippen LogP contribution < -0.4 is 4.90 Å². The Morgan fingerprint density at radius 2 is 1.76 bits per heavy atom. The third-order valence-corrected chi connectivity index (χ3v) is 5.23. The van der Waals surface area contributed by atoms with Gasteiger partial charge in [-0.25, -0.2) is 13.8 Å². The molecule has 4 rings (SSSR count). The molecule has 2 aliphatic heterocycles. The Bertz CT molecular complexity index is 902. The summed E-state index contributed by atoms with van der Waals surface area (Å²) >= 11 is 0. The highest BCUT2D eigenvalue weighted by Crippen LogP contribution is 2.36. The zero-order chi connectivity index (χ0) is 20.6. The molecule has 4 nitrogen and oxygen atoms in total. The van der Waals surface area contributed by atoms with Crippen LogP contribution in [0.25, 0.3) is 0 Å². The Labute approximate surface area is 164 Å². The Morgan fingerprint density at radius 1 is 1.03 bits per heavy atom. The van der Waals surface area contributed by atoms with E-state index in [1.807, 2.05) is 0 Å². The van der Waals surface area contributed by atoms with E-state index in [2.05, 4.69) is 9.98 Å². The summed E-state index contributed by atoms with van der Waals surface area (Å²) in [6, 6.07) is 8.84. The summed E-state index contributed by atoms with van der Waals surface area (Å²) in [5.41, 5.74) is 0.0348. The molecule has 1 atom stereocenters. The highest BCUT2D eigenvalue weighted by atomic mass is 19.4. The van der Waals surface area contributed by atoms with E-state index in [4.69, 9.17) is 0 Å². The van der Waals surface area contributed by atoms with E-state index in [9.17, 15) is 22.0 Å². The number of aliphatic imine (C=N–C) groups is 1. The van der Waals surface area contributed by atoms with Crippen molar-refractivity contribution in [3.63, 3.8) is 0 Å². The number of piperidine rings is 1. The average Bonchev–Trinajstić information content (AvgIpc) is 2.68. The van der Waals surface area contributed by atoms with Gasteiger partial charge in [-0.05, 0) is 23.8 Å². The van der Waals surface area contributed by atoms with E-state index >= 15 is 0 Å². The predicted molar refractivity (Wildman–Crippen MR) is 99.0 cm³/mol. The molecule has 1 saturated heterocycles. The van der Waals surface area contributed by atoms with E-state index in [0.717, 1.165) is 6.07 Å². The lowest BCUT2D eigenvalue weighted by Crippen LogP contribution is -2.53. The first-order valence-electron chi connectivity index (χ1n) is 9.26. The molecular weight excluding hydrogens is 391 g/mol. The van der Waals surface area contributed by atoms with Gasteiger partial charge in [0.25, 0.3) is 5.92 Å². The van der Waals surface area contributed by atoms with Crippen molar-refractivity contribution in [1.82, 2.24) is 9.88 Å². The Kier molecular flexibility index (Phi) is 5.02. The van der Waals surface area contributed by atoms with Crippen molar-refractivity contribution >= 4 is 12.0 Å². The molecule has 0 bridgehead atoms. The number of pyridine rings is 1. The van der Waals surface area contributed by atoms with Crippen molar-refractivity contribution in [2.75, 3.05) is 18.0 Å². The molecule has 0 aliphatic carbocycles. The monoisotopic (exact) mass is 410 g/mol. The largest absolute Gasteiger partial charge is 0.416 e. The second-order valence-corrected chi connectivity index (χ2v) is 7.22. The van der Waals surface area contributed by atoms with Crippen molar-refractivity contribution in [3.8, 4) is 0 Å². The Balaban J connectivity index is 1.69. The van der Waals surface area contributed by atoms with E-state index < -0.39 is 24.0 Å². The third-order valence-electron chi connectivity index (χ3n) is 5.23. The van der Waals surface area contributed by atoms with Gasteiger partial charge in [0.05, 0.1) is 5.56 Å². The molecule has 2 aliphatic rings. The van der Waals surface area contributed by atoms with E-state index in [1.54, 1.807) is 40.4 Å². The summed E-state index contributed by atoms with van der Waals surface area (Å²) in [4.78, 5) is 12.2. The number of fused-ring (bicyclic) bond motifs is 1. The number of anilines is 1. The zero-order valence-corrected chi connectivity index (χ0v) is 15.4. The standard InChI is InChI=1S/C20H19F5N4/c21-19(22)7-10-28(11-8-19)18-27-12-14-5-3-9-26-17(14)29(18)13-15-4-1-2-6-16(15)20(23,24)25/h1-6,9,12,18H,7-8,10-11,13H2. The Hall–Kier alpha value is -2.55. The molecule has 29 heavy (non-hydrogen) atoms. The number of aromatic nitrogens is 1. The van der Waals surface area contributed by atoms with Crippen molar-refractivity contribution in [2.24, 2.45) is 4.99 Å². The van der Waals surface area contributed by atoms with Gasteiger partial charge in [0.2, 0.25) is 0 Å². The van der Waals surface area contributed by atoms with Gasteiger partial charge < -0.3 is 4.90 Å². The fraction of sp³-hybridized carbons (Fsp3) is 0.400. The lowest BCUT2D eigenvalue weighted by atomic mass is 10.0. The van der Waals surface area contributed by atoms with Crippen LogP contribution in [0.2, 0.25) is 0 Å². The van der Waals surface area contributed by atoms with Crippen LogP contribution in [-0.4, -0.2) is 41.4 Å². The second kappa shape index (κ2) is 7.37. The van der Waals surface area contributed by atoms with Crippen LogP contribution in [0.1, 0.15) is 29.5 Å². The van der Waals surface area contributed by atoms with Crippen molar-refractivity contribution in [3.05, 3.63) is 59.3 Å². The first-order valence-corrected chi connectivity index (χ1v) is 9.26. The summed E-state index contributed by atoms with van der Waals surface area (Å²) in [5.74, 6) is -2.24. The molecule has 3 heterocycles. The van der Waals surface area contributed by atoms with Crippen LogP contribution in [0.15, 0.2) is 47.6 Å². The SMILES string of the molecule is FC1(F)CCN(C2N=Cc3cccnc3N2Cc2ccccc2C(F)(F)F)CC1.